The molecule has 2 N–H and O–H groups in total. The van der Waals surface area contributed by atoms with Gasteiger partial charge in [-0.15, -0.1) is 0 Å². The molecule has 1 aromatic heterocycles. The van der Waals surface area contributed by atoms with Crippen LogP contribution < -0.4 is 24.8 Å². The molecule has 0 saturated heterocycles. The number of aromatic nitrogens is 1. The quantitative estimate of drug-likeness (QED) is 0.436. The number of carbonyl (C=O) groups excluding carboxylic acids is 2. The van der Waals surface area contributed by atoms with Gasteiger partial charge in [0.15, 0.2) is 11.5 Å². The minimum Gasteiger partial charge on any atom is -0.490 e. The Bertz CT molecular complexity index is 1090. The molecule has 2 aromatic carbocycles. The lowest BCUT2D eigenvalue weighted by Crippen LogP contribution is -2.23. The normalized spacial score (nSPS) is 10.3. The highest BCUT2D eigenvalue weighted by molar-refractivity contribution is 6.04. The van der Waals surface area contributed by atoms with E-state index in [4.69, 9.17) is 14.2 Å². The van der Waals surface area contributed by atoms with Gasteiger partial charge in [-0.25, -0.2) is 0 Å². The van der Waals surface area contributed by atoms with Crippen LogP contribution in [0, 0.1) is 0 Å². The van der Waals surface area contributed by atoms with Crippen LogP contribution in [0.25, 0.3) is 0 Å². The fourth-order valence-electron chi connectivity index (χ4n) is 3.26. The molecule has 0 unspecified atom stereocenters. The molecule has 8 heteroatoms. The second-order valence-corrected chi connectivity index (χ2v) is 7.18. The van der Waals surface area contributed by atoms with Gasteiger partial charge in [0.2, 0.25) is 5.75 Å². The Kier molecular flexibility index (Phi) is 8.85. The van der Waals surface area contributed by atoms with Crippen LogP contribution in [0.15, 0.2) is 60.9 Å². The highest BCUT2D eigenvalue weighted by Gasteiger charge is 2.18. The average Bonchev–Trinajstić information content (AvgIpc) is 2.85. The SMILES string of the molecule is CCOc1cc(C(=O)NCc2cccc(NC(=O)c3cccnc3)c2)cc(OCC)c1OCC. The largest absolute Gasteiger partial charge is 0.490 e. The first-order valence-corrected chi connectivity index (χ1v) is 11.2. The van der Waals surface area contributed by atoms with Crippen LogP contribution in [-0.2, 0) is 6.54 Å². The number of nitrogens with one attached hydrogen (secondary N) is 2. The zero-order chi connectivity index (χ0) is 24.3. The second-order valence-electron chi connectivity index (χ2n) is 7.18. The molecule has 0 aliphatic rings. The van der Waals surface area contributed by atoms with E-state index in [-0.39, 0.29) is 18.4 Å². The minimum atomic E-state index is -0.283. The predicted molar refractivity (Wildman–Crippen MR) is 130 cm³/mol. The zero-order valence-corrected chi connectivity index (χ0v) is 19.6. The van der Waals surface area contributed by atoms with Gasteiger partial charge in [-0.05, 0) is 62.7 Å². The van der Waals surface area contributed by atoms with Gasteiger partial charge >= 0.3 is 0 Å². The summed E-state index contributed by atoms with van der Waals surface area (Å²) in [5.41, 5.74) is 2.32. The molecule has 0 atom stereocenters. The molecule has 3 aromatic rings. The van der Waals surface area contributed by atoms with Crippen molar-refractivity contribution in [3.8, 4) is 17.2 Å². The van der Waals surface area contributed by atoms with Crippen LogP contribution >= 0.6 is 0 Å². The number of ether oxygens (including phenoxy) is 3. The Morgan fingerprint density at radius 2 is 1.53 bits per heavy atom. The Hall–Kier alpha value is -4.07. The van der Waals surface area contributed by atoms with E-state index in [1.54, 1.807) is 36.5 Å². The van der Waals surface area contributed by atoms with Crippen molar-refractivity contribution in [2.75, 3.05) is 25.1 Å². The van der Waals surface area contributed by atoms with E-state index < -0.39 is 0 Å². The van der Waals surface area contributed by atoms with E-state index in [0.29, 0.717) is 53.9 Å². The summed E-state index contributed by atoms with van der Waals surface area (Å²) in [6.45, 7) is 7.17. The predicted octanol–water partition coefficient (Wildman–Crippen LogP) is 4.46. The number of nitrogens with zero attached hydrogens (tertiary/aromatic N) is 1. The molecule has 34 heavy (non-hydrogen) atoms. The van der Waals surface area contributed by atoms with Crippen molar-refractivity contribution in [1.82, 2.24) is 10.3 Å². The monoisotopic (exact) mass is 463 g/mol. The topological polar surface area (TPSA) is 98.8 Å². The van der Waals surface area contributed by atoms with Crippen LogP contribution in [0.3, 0.4) is 0 Å². The molecule has 8 nitrogen and oxygen atoms in total. The van der Waals surface area contributed by atoms with Gasteiger partial charge in [0.05, 0.1) is 25.4 Å². The lowest BCUT2D eigenvalue weighted by Gasteiger charge is -2.17. The summed E-state index contributed by atoms with van der Waals surface area (Å²) in [6, 6.07) is 14.0. The smallest absolute Gasteiger partial charge is 0.257 e. The van der Waals surface area contributed by atoms with Crippen LogP contribution in [-0.4, -0.2) is 36.6 Å². The van der Waals surface area contributed by atoms with Crippen molar-refractivity contribution in [3.63, 3.8) is 0 Å². The lowest BCUT2D eigenvalue weighted by atomic mass is 10.1. The number of carbonyl (C=O) groups is 2. The third kappa shape index (κ3) is 6.48. The first-order chi connectivity index (χ1) is 16.5. The summed E-state index contributed by atoms with van der Waals surface area (Å²) in [4.78, 5) is 29.2. The molecule has 0 saturated carbocycles. The summed E-state index contributed by atoms with van der Waals surface area (Å²) in [5.74, 6) is 0.867. The van der Waals surface area contributed by atoms with Gasteiger partial charge in [0, 0.05) is 30.2 Å². The summed E-state index contributed by atoms with van der Waals surface area (Å²) < 4.78 is 17.1. The number of anilines is 1. The van der Waals surface area contributed by atoms with Crippen LogP contribution in [0.2, 0.25) is 0 Å². The van der Waals surface area contributed by atoms with E-state index in [0.717, 1.165) is 5.56 Å². The van der Waals surface area contributed by atoms with Crippen molar-refractivity contribution in [1.29, 1.82) is 0 Å². The second kappa shape index (κ2) is 12.2. The molecule has 0 fully saturated rings. The molecule has 0 aliphatic carbocycles. The molecule has 0 bridgehead atoms. The molecular weight excluding hydrogens is 434 g/mol. The summed E-state index contributed by atoms with van der Waals surface area (Å²) >= 11 is 0. The third-order valence-corrected chi connectivity index (χ3v) is 4.73. The van der Waals surface area contributed by atoms with E-state index in [1.807, 2.05) is 39.0 Å². The van der Waals surface area contributed by atoms with Gasteiger partial charge in [-0.1, -0.05) is 12.1 Å². The Balaban J connectivity index is 1.71. The first-order valence-electron chi connectivity index (χ1n) is 11.2. The van der Waals surface area contributed by atoms with Crippen molar-refractivity contribution in [2.45, 2.75) is 27.3 Å². The molecule has 178 valence electrons. The standard InChI is InChI=1S/C26H29N3O5/c1-4-32-22-14-20(15-23(33-5-2)24(22)34-6-3)25(30)28-16-18-9-7-11-21(13-18)29-26(31)19-10-8-12-27-17-19/h7-15,17H,4-6,16H2,1-3H3,(H,28,30)(H,29,31). The van der Waals surface area contributed by atoms with E-state index >= 15 is 0 Å². The third-order valence-electron chi connectivity index (χ3n) is 4.73. The molecule has 0 radical (unpaired) electrons. The number of amides is 2. The van der Waals surface area contributed by atoms with Crippen molar-refractivity contribution in [2.24, 2.45) is 0 Å². The molecule has 0 spiro atoms. The maximum atomic E-state index is 12.9. The van der Waals surface area contributed by atoms with Crippen LogP contribution in [0.5, 0.6) is 17.2 Å². The number of rotatable bonds is 11. The van der Waals surface area contributed by atoms with E-state index in [2.05, 4.69) is 15.6 Å². The van der Waals surface area contributed by atoms with Gasteiger partial charge in [0.25, 0.3) is 11.8 Å². The number of hydrogen-bond acceptors (Lipinski definition) is 6. The molecule has 1 heterocycles. The zero-order valence-electron chi connectivity index (χ0n) is 19.6. The minimum absolute atomic E-state index is 0.254. The highest BCUT2D eigenvalue weighted by Crippen LogP contribution is 2.39. The van der Waals surface area contributed by atoms with Crippen LogP contribution in [0.4, 0.5) is 5.69 Å². The number of hydrogen-bond donors (Lipinski definition) is 2. The fraction of sp³-hybridized carbons (Fsp3) is 0.269. The van der Waals surface area contributed by atoms with Gasteiger partial charge in [0.1, 0.15) is 0 Å². The fourth-order valence-corrected chi connectivity index (χ4v) is 3.26. The average molecular weight is 464 g/mol. The molecule has 3 rings (SSSR count). The maximum Gasteiger partial charge on any atom is 0.257 e. The Morgan fingerprint density at radius 1 is 0.824 bits per heavy atom. The van der Waals surface area contributed by atoms with Crippen molar-refractivity contribution in [3.05, 3.63) is 77.6 Å². The molecule has 0 aliphatic heterocycles. The maximum absolute atomic E-state index is 12.9. The Labute approximate surface area is 199 Å². The molecule has 2 amide bonds. The highest BCUT2D eigenvalue weighted by atomic mass is 16.5. The number of benzene rings is 2. The van der Waals surface area contributed by atoms with Gasteiger partial charge in [-0.2, -0.15) is 0 Å². The van der Waals surface area contributed by atoms with Gasteiger partial charge in [-0.3, -0.25) is 14.6 Å². The Morgan fingerprint density at radius 3 is 2.15 bits per heavy atom. The summed E-state index contributed by atoms with van der Waals surface area (Å²) in [6.07, 6.45) is 3.11. The van der Waals surface area contributed by atoms with Gasteiger partial charge < -0.3 is 24.8 Å². The van der Waals surface area contributed by atoms with Crippen molar-refractivity contribution < 1.29 is 23.8 Å². The first kappa shape index (κ1) is 24.6. The summed E-state index contributed by atoms with van der Waals surface area (Å²) in [5, 5.41) is 5.74. The van der Waals surface area contributed by atoms with E-state index in [9.17, 15) is 9.59 Å². The molecular formula is C26H29N3O5. The van der Waals surface area contributed by atoms with Crippen LogP contribution in [0.1, 0.15) is 47.1 Å². The lowest BCUT2D eigenvalue weighted by molar-refractivity contribution is 0.0948. The summed E-state index contributed by atoms with van der Waals surface area (Å²) in [7, 11) is 0. The van der Waals surface area contributed by atoms with Crippen molar-refractivity contribution >= 4 is 17.5 Å². The number of pyridine rings is 1. The van der Waals surface area contributed by atoms with E-state index in [1.165, 1.54) is 6.20 Å².